The molecule has 4 rings (SSSR count). The lowest BCUT2D eigenvalue weighted by Crippen LogP contribution is -2.46. The van der Waals surface area contributed by atoms with Crippen LogP contribution in [0.1, 0.15) is 25.8 Å². The van der Waals surface area contributed by atoms with Crippen molar-refractivity contribution in [1.82, 2.24) is 19.7 Å². The molecule has 3 aromatic heterocycles. The monoisotopic (exact) mass is 435 g/mol. The van der Waals surface area contributed by atoms with Crippen molar-refractivity contribution < 1.29 is 23.0 Å². The second-order valence-electron chi connectivity index (χ2n) is 8.09. The standard InChI is InChI=1S/C21H24F3N5O2/c1-21(2,30)11-10-29-16(9-26-18(29)7-17(11)31-3)19-13(23)6-14(24)20(28-19)27-15-8-25-5-4-12(15)22/h6-7,9-10,12,15,25,30H,4-5,8H2,1-3H3,(H,27,28)/t12-,15-/m0/s1. The molecule has 0 unspecified atom stereocenters. The van der Waals surface area contributed by atoms with E-state index >= 15 is 0 Å². The van der Waals surface area contributed by atoms with Crippen LogP contribution in [-0.2, 0) is 5.60 Å². The summed E-state index contributed by atoms with van der Waals surface area (Å²) in [5.41, 5.74) is -0.256. The molecule has 3 N–H and O–H groups in total. The number of anilines is 1. The van der Waals surface area contributed by atoms with Gasteiger partial charge in [-0.25, -0.2) is 23.1 Å². The number of rotatable bonds is 5. The number of piperidine rings is 1. The number of aromatic nitrogens is 3. The minimum atomic E-state index is -1.24. The highest BCUT2D eigenvalue weighted by molar-refractivity contribution is 5.65. The molecule has 0 bridgehead atoms. The summed E-state index contributed by atoms with van der Waals surface area (Å²) < 4.78 is 50.2. The summed E-state index contributed by atoms with van der Waals surface area (Å²) in [5.74, 6) is -1.61. The zero-order valence-electron chi connectivity index (χ0n) is 17.4. The highest BCUT2D eigenvalue weighted by atomic mass is 19.1. The molecule has 4 heterocycles. The van der Waals surface area contributed by atoms with Gasteiger partial charge in [0, 0.05) is 30.4 Å². The second kappa shape index (κ2) is 8.01. The van der Waals surface area contributed by atoms with E-state index in [0.717, 1.165) is 0 Å². The Labute approximate surface area is 177 Å². The normalized spacial score (nSPS) is 19.6. The summed E-state index contributed by atoms with van der Waals surface area (Å²) in [7, 11) is 1.47. The lowest BCUT2D eigenvalue weighted by molar-refractivity contribution is 0.0752. The van der Waals surface area contributed by atoms with Crippen LogP contribution in [0.5, 0.6) is 5.75 Å². The van der Waals surface area contributed by atoms with Gasteiger partial charge in [-0.2, -0.15) is 0 Å². The molecule has 0 spiro atoms. The molecular weight excluding hydrogens is 411 g/mol. The summed E-state index contributed by atoms with van der Waals surface area (Å²) in [4.78, 5) is 8.38. The van der Waals surface area contributed by atoms with Crippen LogP contribution >= 0.6 is 0 Å². The minimum absolute atomic E-state index is 0.151. The van der Waals surface area contributed by atoms with Crippen LogP contribution in [0.15, 0.2) is 24.5 Å². The maximum absolute atomic E-state index is 14.7. The van der Waals surface area contributed by atoms with Crippen LogP contribution < -0.4 is 15.4 Å². The molecule has 1 fully saturated rings. The van der Waals surface area contributed by atoms with E-state index in [4.69, 9.17) is 4.74 Å². The van der Waals surface area contributed by atoms with Gasteiger partial charge in [-0.15, -0.1) is 0 Å². The molecule has 31 heavy (non-hydrogen) atoms. The van der Waals surface area contributed by atoms with E-state index in [1.54, 1.807) is 30.5 Å². The van der Waals surface area contributed by atoms with Gasteiger partial charge < -0.3 is 20.5 Å². The number of ether oxygens (including phenoxy) is 1. The second-order valence-corrected chi connectivity index (χ2v) is 8.09. The number of halogens is 3. The van der Waals surface area contributed by atoms with Crippen LogP contribution in [-0.4, -0.2) is 51.9 Å². The number of hydrogen-bond donors (Lipinski definition) is 3. The summed E-state index contributed by atoms with van der Waals surface area (Å²) in [6, 6.07) is 1.65. The van der Waals surface area contributed by atoms with Crippen molar-refractivity contribution in [3.05, 3.63) is 41.7 Å². The largest absolute Gasteiger partial charge is 0.496 e. The first kappa shape index (κ1) is 21.4. The summed E-state index contributed by atoms with van der Waals surface area (Å²) in [5, 5.41) is 16.3. The predicted octanol–water partition coefficient (Wildman–Crippen LogP) is 3.02. The molecule has 0 radical (unpaired) electrons. The number of hydrogen-bond acceptors (Lipinski definition) is 6. The Bertz CT molecular complexity index is 1110. The average molecular weight is 435 g/mol. The average Bonchev–Trinajstić information content (AvgIpc) is 3.12. The summed E-state index contributed by atoms with van der Waals surface area (Å²) in [6.45, 7) is 4.04. The van der Waals surface area contributed by atoms with E-state index in [1.807, 2.05) is 0 Å². The molecule has 166 valence electrons. The van der Waals surface area contributed by atoms with Crippen LogP contribution in [0.2, 0.25) is 0 Å². The summed E-state index contributed by atoms with van der Waals surface area (Å²) in [6.07, 6.45) is 2.10. The van der Waals surface area contributed by atoms with Gasteiger partial charge in [0.05, 0.1) is 30.6 Å². The molecule has 2 atom stereocenters. The van der Waals surface area contributed by atoms with Crippen LogP contribution in [0.4, 0.5) is 19.0 Å². The molecule has 1 aliphatic heterocycles. The van der Waals surface area contributed by atoms with Crippen molar-refractivity contribution in [2.45, 2.75) is 38.1 Å². The Morgan fingerprint density at radius 1 is 1.29 bits per heavy atom. The zero-order valence-corrected chi connectivity index (χ0v) is 17.4. The Kier molecular flexibility index (Phi) is 5.52. The Hall–Kier alpha value is -2.85. The van der Waals surface area contributed by atoms with Crippen molar-refractivity contribution in [2.24, 2.45) is 0 Å². The maximum Gasteiger partial charge on any atom is 0.168 e. The van der Waals surface area contributed by atoms with Crippen molar-refractivity contribution in [3.63, 3.8) is 0 Å². The fourth-order valence-corrected chi connectivity index (χ4v) is 3.70. The molecule has 1 saturated heterocycles. The van der Waals surface area contributed by atoms with E-state index < -0.39 is 29.4 Å². The van der Waals surface area contributed by atoms with Crippen LogP contribution in [0, 0.1) is 11.6 Å². The first-order valence-corrected chi connectivity index (χ1v) is 9.94. The molecule has 3 aromatic rings. The first-order chi connectivity index (χ1) is 14.7. The smallest absolute Gasteiger partial charge is 0.168 e. The first-order valence-electron chi connectivity index (χ1n) is 9.94. The van der Waals surface area contributed by atoms with Gasteiger partial charge in [0.25, 0.3) is 0 Å². The molecule has 7 nitrogen and oxygen atoms in total. The van der Waals surface area contributed by atoms with Crippen molar-refractivity contribution in [1.29, 1.82) is 0 Å². The quantitative estimate of drug-likeness (QED) is 0.572. The number of methoxy groups -OCH3 is 1. The number of nitrogens with one attached hydrogen (secondary N) is 2. The third-order valence-electron chi connectivity index (χ3n) is 5.38. The Morgan fingerprint density at radius 2 is 2.06 bits per heavy atom. The Morgan fingerprint density at radius 3 is 2.74 bits per heavy atom. The highest BCUT2D eigenvalue weighted by Gasteiger charge is 2.27. The van der Waals surface area contributed by atoms with Crippen LogP contribution in [0.3, 0.4) is 0 Å². The molecule has 10 heteroatoms. The molecule has 0 aliphatic carbocycles. The van der Waals surface area contributed by atoms with Gasteiger partial charge >= 0.3 is 0 Å². The number of alkyl halides is 1. The minimum Gasteiger partial charge on any atom is -0.496 e. The van der Waals surface area contributed by atoms with Gasteiger partial charge in [0.2, 0.25) is 0 Å². The molecule has 0 aromatic carbocycles. The number of imidazole rings is 1. The van der Waals surface area contributed by atoms with E-state index in [1.165, 1.54) is 13.3 Å². The van der Waals surface area contributed by atoms with Gasteiger partial charge in [-0.1, -0.05) is 0 Å². The Balaban J connectivity index is 1.80. The fourth-order valence-electron chi connectivity index (χ4n) is 3.70. The van der Waals surface area contributed by atoms with Gasteiger partial charge in [0.15, 0.2) is 17.5 Å². The van der Waals surface area contributed by atoms with Gasteiger partial charge in [-0.3, -0.25) is 4.40 Å². The van der Waals surface area contributed by atoms with Crippen LogP contribution in [0.25, 0.3) is 17.0 Å². The van der Waals surface area contributed by atoms with Crippen molar-refractivity contribution in [3.8, 4) is 17.1 Å². The summed E-state index contributed by atoms with van der Waals surface area (Å²) >= 11 is 0. The third-order valence-corrected chi connectivity index (χ3v) is 5.38. The molecule has 1 aliphatic rings. The van der Waals surface area contributed by atoms with E-state index in [-0.39, 0.29) is 17.2 Å². The van der Waals surface area contributed by atoms with Gasteiger partial charge in [-0.05, 0) is 26.8 Å². The number of fused-ring (bicyclic) bond motifs is 1. The lowest BCUT2D eigenvalue weighted by atomic mass is 9.99. The topological polar surface area (TPSA) is 83.7 Å². The number of aliphatic hydroxyl groups is 1. The molecular formula is C21H24F3N5O2. The van der Waals surface area contributed by atoms with E-state index in [0.29, 0.717) is 42.5 Å². The highest BCUT2D eigenvalue weighted by Crippen LogP contribution is 2.33. The van der Waals surface area contributed by atoms with Crippen molar-refractivity contribution in [2.75, 3.05) is 25.5 Å². The molecule has 0 amide bonds. The zero-order chi connectivity index (χ0) is 22.3. The molecule has 0 saturated carbocycles. The van der Waals surface area contributed by atoms with Crippen molar-refractivity contribution >= 4 is 11.5 Å². The van der Waals surface area contributed by atoms with Gasteiger partial charge in [0.1, 0.15) is 23.3 Å². The fraction of sp³-hybridized carbons (Fsp3) is 0.429. The number of nitrogens with zero attached hydrogens (tertiary/aromatic N) is 3. The SMILES string of the molecule is COc1cc2ncc(-c3nc(N[C@H]4CNCC[C@@H]4F)c(F)cc3F)n2cc1C(C)(C)O. The third kappa shape index (κ3) is 4.05. The predicted molar refractivity (Wildman–Crippen MR) is 110 cm³/mol. The number of pyridine rings is 2. The maximum atomic E-state index is 14.7. The van der Waals surface area contributed by atoms with E-state index in [9.17, 15) is 18.3 Å². The lowest BCUT2D eigenvalue weighted by Gasteiger charge is -2.28. The van der Waals surface area contributed by atoms with E-state index in [2.05, 4.69) is 20.6 Å².